The van der Waals surface area contributed by atoms with Crippen molar-refractivity contribution in [1.82, 2.24) is 0 Å². The number of rotatable bonds is 4. The van der Waals surface area contributed by atoms with Crippen molar-refractivity contribution in [2.75, 3.05) is 6.54 Å². The minimum Gasteiger partial charge on any atom is -0.452 e. The normalized spacial score (nSPS) is 10.5. The van der Waals surface area contributed by atoms with Crippen LogP contribution in [0, 0.1) is 12.7 Å². The third-order valence-electron chi connectivity index (χ3n) is 2.83. The Morgan fingerprint density at radius 1 is 1.21 bits per heavy atom. The highest BCUT2D eigenvalue weighted by Gasteiger charge is 2.12. The van der Waals surface area contributed by atoms with Crippen LogP contribution >= 0.6 is 11.6 Å². The zero-order valence-electron chi connectivity index (χ0n) is 10.6. The van der Waals surface area contributed by atoms with Gasteiger partial charge in [-0.2, -0.15) is 0 Å². The lowest BCUT2D eigenvalue weighted by Gasteiger charge is -2.13. The largest absolute Gasteiger partial charge is 0.452 e. The monoisotopic (exact) mass is 279 g/mol. The summed E-state index contributed by atoms with van der Waals surface area (Å²) >= 11 is 6.12. The summed E-state index contributed by atoms with van der Waals surface area (Å²) in [5, 5.41) is 0.451. The van der Waals surface area contributed by atoms with Crippen LogP contribution in [0.25, 0.3) is 0 Å². The summed E-state index contributed by atoms with van der Waals surface area (Å²) in [5.74, 6) is 0.270. The van der Waals surface area contributed by atoms with E-state index in [0.29, 0.717) is 29.3 Å². The van der Waals surface area contributed by atoms with Crippen molar-refractivity contribution in [3.05, 3.63) is 58.4 Å². The maximum Gasteiger partial charge on any atom is 0.168 e. The van der Waals surface area contributed by atoms with E-state index >= 15 is 0 Å². The van der Waals surface area contributed by atoms with Crippen molar-refractivity contribution >= 4 is 11.6 Å². The molecule has 100 valence electrons. The van der Waals surface area contributed by atoms with Crippen LogP contribution < -0.4 is 10.5 Å². The molecule has 0 aliphatic rings. The molecule has 0 aromatic heterocycles. The molecule has 0 bridgehead atoms. The van der Waals surface area contributed by atoms with Gasteiger partial charge in [0.25, 0.3) is 0 Å². The van der Waals surface area contributed by atoms with Gasteiger partial charge in [-0.1, -0.05) is 35.9 Å². The van der Waals surface area contributed by atoms with Crippen LogP contribution in [-0.2, 0) is 6.42 Å². The number of aryl methyl sites for hydroxylation is 1. The summed E-state index contributed by atoms with van der Waals surface area (Å²) in [6.07, 6.45) is 0.628. The predicted molar refractivity (Wildman–Crippen MR) is 75.4 cm³/mol. The molecule has 2 N–H and O–H groups in total. The molecular formula is C15H15ClFNO. The fourth-order valence-electron chi connectivity index (χ4n) is 1.83. The average Bonchev–Trinajstić information content (AvgIpc) is 2.39. The van der Waals surface area contributed by atoms with Gasteiger partial charge in [-0.15, -0.1) is 0 Å². The van der Waals surface area contributed by atoms with Crippen LogP contribution in [0.1, 0.15) is 11.1 Å². The zero-order chi connectivity index (χ0) is 13.8. The molecule has 0 aliphatic heterocycles. The van der Waals surface area contributed by atoms with Crippen LogP contribution in [0.2, 0.25) is 5.02 Å². The molecule has 19 heavy (non-hydrogen) atoms. The standard InChI is InChI=1S/C15H15ClFNO/c1-10-4-2-7-13(14(10)17)19-15-11(8-9-18)5-3-6-12(15)16/h2-7H,8-9,18H2,1H3. The molecule has 2 rings (SSSR count). The van der Waals surface area contributed by atoms with Gasteiger partial charge in [-0.05, 0) is 43.1 Å². The van der Waals surface area contributed by atoms with Gasteiger partial charge in [0, 0.05) is 0 Å². The van der Waals surface area contributed by atoms with E-state index in [0.717, 1.165) is 5.56 Å². The number of hydrogen-bond donors (Lipinski definition) is 1. The number of para-hydroxylation sites is 1. The lowest BCUT2D eigenvalue weighted by atomic mass is 10.1. The van der Waals surface area contributed by atoms with Crippen LogP contribution in [0.3, 0.4) is 0 Å². The second-order valence-electron chi connectivity index (χ2n) is 4.26. The lowest BCUT2D eigenvalue weighted by molar-refractivity contribution is 0.436. The van der Waals surface area contributed by atoms with E-state index < -0.39 is 0 Å². The molecule has 0 spiro atoms. The van der Waals surface area contributed by atoms with E-state index in [4.69, 9.17) is 22.1 Å². The molecule has 0 radical (unpaired) electrons. The maximum absolute atomic E-state index is 13.9. The summed E-state index contributed by atoms with van der Waals surface area (Å²) in [6, 6.07) is 10.4. The first-order chi connectivity index (χ1) is 9.13. The first-order valence-corrected chi connectivity index (χ1v) is 6.41. The lowest BCUT2D eigenvalue weighted by Crippen LogP contribution is -2.04. The van der Waals surface area contributed by atoms with E-state index in [1.54, 1.807) is 31.2 Å². The Balaban J connectivity index is 2.40. The summed E-state index contributed by atoms with van der Waals surface area (Å²) in [7, 11) is 0. The average molecular weight is 280 g/mol. The molecule has 0 saturated carbocycles. The van der Waals surface area contributed by atoms with Gasteiger partial charge in [0.2, 0.25) is 0 Å². The molecule has 0 fully saturated rings. The van der Waals surface area contributed by atoms with E-state index in [1.165, 1.54) is 0 Å². The number of nitrogens with two attached hydrogens (primary N) is 1. The quantitative estimate of drug-likeness (QED) is 0.915. The van der Waals surface area contributed by atoms with E-state index in [2.05, 4.69) is 0 Å². The molecular weight excluding hydrogens is 265 g/mol. The van der Waals surface area contributed by atoms with Gasteiger partial charge in [0.15, 0.2) is 11.6 Å². The highest BCUT2D eigenvalue weighted by Crippen LogP contribution is 2.34. The second kappa shape index (κ2) is 6.04. The smallest absolute Gasteiger partial charge is 0.168 e. The first-order valence-electron chi connectivity index (χ1n) is 6.04. The minimum absolute atomic E-state index is 0.173. The van der Waals surface area contributed by atoms with Gasteiger partial charge in [0.05, 0.1) is 5.02 Å². The van der Waals surface area contributed by atoms with Gasteiger partial charge in [-0.25, -0.2) is 4.39 Å². The van der Waals surface area contributed by atoms with Crippen LogP contribution in [0.5, 0.6) is 11.5 Å². The zero-order valence-corrected chi connectivity index (χ0v) is 11.4. The number of ether oxygens (including phenoxy) is 1. The highest BCUT2D eigenvalue weighted by atomic mass is 35.5. The van der Waals surface area contributed by atoms with E-state index in [-0.39, 0.29) is 11.6 Å². The Hall–Kier alpha value is -1.58. The van der Waals surface area contributed by atoms with Crippen molar-refractivity contribution in [1.29, 1.82) is 0 Å². The minimum atomic E-state index is -0.374. The highest BCUT2D eigenvalue weighted by molar-refractivity contribution is 6.32. The molecule has 0 unspecified atom stereocenters. The number of hydrogen-bond acceptors (Lipinski definition) is 2. The van der Waals surface area contributed by atoms with Crippen molar-refractivity contribution in [2.45, 2.75) is 13.3 Å². The summed E-state index contributed by atoms with van der Waals surface area (Å²) in [5.41, 5.74) is 6.96. The SMILES string of the molecule is Cc1cccc(Oc2c(Cl)cccc2CCN)c1F. The summed E-state index contributed by atoms with van der Waals surface area (Å²) in [6.45, 7) is 2.17. The fraction of sp³-hybridized carbons (Fsp3) is 0.200. The van der Waals surface area contributed by atoms with Crippen molar-refractivity contribution in [2.24, 2.45) is 5.73 Å². The Kier molecular flexibility index (Phi) is 4.40. The fourth-order valence-corrected chi connectivity index (χ4v) is 2.06. The van der Waals surface area contributed by atoms with Crippen LogP contribution in [-0.4, -0.2) is 6.54 Å². The summed E-state index contributed by atoms with van der Waals surface area (Å²) < 4.78 is 19.6. The van der Waals surface area contributed by atoms with Gasteiger partial charge >= 0.3 is 0 Å². The van der Waals surface area contributed by atoms with E-state index in [1.807, 2.05) is 12.1 Å². The maximum atomic E-state index is 13.9. The summed E-state index contributed by atoms with van der Waals surface area (Å²) in [4.78, 5) is 0. The number of benzene rings is 2. The molecule has 0 amide bonds. The van der Waals surface area contributed by atoms with Crippen molar-refractivity contribution in [3.8, 4) is 11.5 Å². The van der Waals surface area contributed by atoms with Gasteiger partial charge in [-0.3, -0.25) is 0 Å². The third kappa shape index (κ3) is 3.06. The molecule has 0 heterocycles. The third-order valence-corrected chi connectivity index (χ3v) is 3.13. The predicted octanol–water partition coefficient (Wildman–Crippen LogP) is 4.08. The first kappa shape index (κ1) is 13.8. The van der Waals surface area contributed by atoms with Crippen LogP contribution in [0.4, 0.5) is 4.39 Å². The number of halogens is 2. The Morgan fingerprint density at radius 3 is 2.68 bits per heavy atom. The van der Waals surface area contributed by atoms with Crippen molar-refractivity contribution in [3.63, 3.8) is 0 Å². The van der Waals surface area contributed by atoms with Crippen LogP contribution in [0.15, 0.2) is 36.4 Å². The molecule has 0 aliphatic carbocycles. The van der Waals surface area contributed by atoms with Crippen molar-refractivity contribution < 1.29 is 9.13 Å². The van der Waals surface area contributed by atoms with Gasteiger partial charge in [0.1, 0.15) is 5.75 Å². The molecule has 2 nitrogen and oxygen atoms in total. The Morgan fingerprint density at radius 2 is 1.95 bits per heavy atom. The topological polar surface area (TPSA) is 35.2 Å². The molecule has 4 heteroatoms. The second-order valence-corrected chi connectivity index (χ2v) is 4.66. The Bertz CT molecular complexity index is 586. The molecule has 2 aromatic carbocycles. The van der Waals surface area contributed by atoms with E-state index in [9.17, 15) is 4.39 Å². The Labute approximate surface area is 117 Å². The molecule has 0 saturated heterocycles. The molecule has 2 aromatic rings. The van der Waals surface area contributed by atoms with Gasteiger partial charge < -0.3 is 10.5 Å². The molecule has 0 atom stereocenters.